The molecule has 4 rings (SSSR count). The second-order valence-electron chi connectivity index (χ2n) is 10.6. The second-order valence-corrected chi connectivity index (χ2v) is 10.6. The Hall–Kier alpha value is -3.30. The number of Topliss-reactive ketones (excluding diaryl/α,β-unsaturated/α-hetero) is 1. The van der Waals surface area contributed by atoms with Crippen LogP contribution in [0.1, 0.15) is 38.6 Å². The van der Waals surface area contributed by atoms with Gasteiger partial charge in [0.1, 0.15) is 11.6 Å². The Morgan fingerprint density at radius 1 is 1.08 bits per heavy atom. The molecule has 2 heterocycles. The number of halogens is 1. The van der Waals surface area contributed by atoms with Gasteiger partial charge in [0.25, 0.3) is 0 Å². The van der Waals surface area contributed by atoms with Crippen molar-refractivity contribution in [3.8, 4) is 17.1 Å². The first-order valence-corrected chi connectivity index (χ1v) is 12.6. The minimum Gasteiger partial charge on any atom is -0.494 e. The minimum atomic E-state index is -0.537. The van der Waals surface area contributed by atoms with E-state index in [0.29, 0.717) is 23.6 Å². The molecular formula is C28H35FN4O4. The Kier molecular flexibility index (Phi) is 8.24. The Balaban J connectivity index is 1.64. The predicted octanol–water partition coefficient (Wildman–Crippen LogP) is 3.59. The first-order valence-electron chi connectivity index (χ1n) is 12.6. The number of ether oxygens (including phenoxy) is 2. The highest BCUT2D eigenvalue weighted by atomic mass is 19.1. The lowest BCUT2D eigenvalue weighted by atomic mass is 9.89. The quantitative estimate of drug-likeness (QED) is 0.438. The van der Waals surface area contributed by atoms with Crippen LogP contribution in [0.3, 0.4) is 0 Å². The van der Waals surface area contributed by atoms with E-state index in [4.69, 9.17) is 9.47 Å². The van der Waals surface area contributed by atoms with E-state index in [1.54, 1.807) is 0 Å². The topological polar surface area (TPSA) is 78.6 Å². The summed E-state index contributed by atoms with van der Waals surface area (Å²) in [4.78, 5) is 28.8. The third kappa shape index (κ3) is 6.72. The third-order valence-corrected chi connectivity index (χ3v) is 6.32. The smallest absolute Gasteiger partial charge is 0.355 e. The zero-order valence-corrected chi connectivity index (χ0v) is 22.0. The maximum Gasteiger partial charge on any atom is 0.355 e. The van der Waals surface area contributed by atoms with Crippen molar-refractivity contribution >= 4 is 5.78 Å². The van der Waals surface area contributed by atoms with Gasteiger partial charge in [-0.1, -0.05) is 32.9 Å². The molecule has 1 saturated heterocycles. The van der Waals surface area contributed by atoms with Gasteiger partial charge in [0.2, 0.25) is 0 Å². The lowest BCUT2D eigenvalue weighted by Crippen LogP contribution is -2.37. The molecule has 1 aromatic heterocycles. The fourth-order valence-corrected chi connectivity index (χ4v) is 4.48. The summed E-state index contributed by atoms with van der Waals surface area (Å²) in [5, 5.41) is 4.54. The van der Waals surface area contributed by atoms with Crippen LogP contribution in [0.25, 0.3) is 11.4 Å². The van der Waals surface area contributed by atoms with Gasteiger partial charge in [-0.3, -0.25) is 9.69 Å². The van der Waals surface area contributed by atoms with Crippen LogP contribution in [0, 0.1) is 11.2 Å². The van der Waals surface area contributed by atoms with E-state index >= 15 is 0 Å². The molecule has 8 nitrogen and oxygen atoms in total. The first-order chi connectivity index (χ1) is 17.6. The van der Waals surface area contributed by atoms with Gasteiger partial charge in [0.05, 0.1) is 38.1 Å². The molecule has 1 aliphatic rings. The van der Waals surface area contributed by atoms with Crippen LogP contribution < -0.4 is 10.4 Å². The summed E-state index contributed by atoms with van der Waals surface area (Å²) in [6.07, 6.45) is 1.22. The van der Waals surface area contributed by atoms with Crippen molar-refractivity contribution in [1.82, 2.24) is 19.2 Å². The van der Waals surface area contributed by atoms with E-state index in [1.165, 1.54) is 34.6 Å². The summed E-state index contributed by atoms with van der Waals surface area (Å²) in [5.74, 6) is -0.263. The molecule has 0 aliphatic carbocycles. The van der Waals surface area contributed by atoms with Crippen molar-refractivity contribution in [2.24, 2.45) is 5.41 Å². The van der Waals surface area contributed by atoms with Gasteiger partial charge in [0, 0.05) is 32.1 Å². The molecule has 0 unspecified atom stereocenters. The van der Waals surface area contributed by atoms with E-state index in [2.05, 4.69) is 10.00 Å². The minimum absolute atomic E-state index is 0.00809. The monoisotopic (exact) mass is 510 g/mol. The number of ketones is 1. The molecule has 0 N–H and O–H groups in total. The van der Waals surface area contributed by atoms with Crippen molar-refractivity contribution < 1.29 is 18.7 Å². The molecule has 0 atom stereocenters. The zero-order valence-electron chi connectivity index (χ0n) is 22.0. The van der Waals surface area contributed by atoms with Crippen LogP contribution in [0.4, 0.5) is 4.39 Å². The number of benzene rings is 2. The molecule has 9 heteroatoms. The van der Waals surface area contributed by atoms with Crippen molar-refractivity contribution in [1.29, 1.82) is 0 Å². The molecule has 0 amide bonds. The van der Waals surface area contributed by atoms with Crippen molar-refractivity contribution in [3.63, 3.8) is 0 Å². The zero-order chi connectivity index (χ0) is 26.6. The van der Waals surface area contributed by atoms with Crippen LogP contribution in [0.2, 0.25) is 0 Å². The van der Waals surface area contributed by atoms with Crippen molar-refractivity contribution in [2.45, 2.75) is 40.0 Å². The maximum atomic E-state index is 14.1. The van der Waals surface area contributed by atoms with Crippen LogP contribution in [0.15, 0.2) is 47.3 Å². The largest absolute Gasteiger partial charge is 0.494 e. The summed E-state index contributed by atoms with van der Waals surface area (Å²) >= 11 is 0. The number of methoxy groups -OCH3 is 1. The number of hydrogen-bond acceptors (Lipinski definition) is 6. The Morgan fingerprint density at radius 3 is 2.41 bits per heavy atom. The van der Waals surface area contributed by atoms with Gasteiger partial charge in [-0.2, -0.15) is 4.68 Å². The fraction of sp³-hybridized carbons (Fsp3) is 0.464. The number of hydrogen-bond donors (Lipinski definition) is 0. The van der Waals surface area contributed by atoms with Gasteiger partial charge < -0.3 is 9.47 Å². The molecule has 37 heavy (non-hydrogen) atoms. The van der Waals surface area contributed by atoms with E-state index < -0.39 is 11.5 Å². The van der Waals surface area contributed by atoms with E-state index in [-0.39, 0.29) is 23.4 Å². The SMILES string of the molecule is COc1cc(-n2c(CC(=O)CC(C)(C)C)nn(-c3ccc(CCN4CCOCC4)cc3)c2=O)ccc1F. The number of morpholine rings is 1. The summed E-state index contributed by atoms with van der Waals surface area (Å²) < 4.78 is 27.2. The van der Waals surface area contributed by atoms with Crippen LogP contribution in [-0.2, 0) is 22.4 Å². The molecule has 0 spiro atoms. The molecule has 0 bridgehead atoms. The van der Waals surface area contributed by atoms with Gasteiger partial charge >= 0.3 is 5.69 Å². The molecule has 0 radical (unpaired) electrons. The number of carbonyl (C=O) groups is 1. The first kappa shape index (κ1) is 26.8. The number of aromatic nitrogens is 3. The number of rotatable bonds is 9. The van der Waals surface area contributed by atoms with Gasteiger partial charge in [-0.15, -0.1) is 5.10 Å². The highest BCUT2D eigenvalue weighted by molar-refractivity contribution is 5.80. The van der Waals surface area contributed by atoms with Crippen LogP contribution in [-0.4, -0.2) is 65.0 Å². The highest BCUT2D eigenvalue weighted by Gasteiger charge is 2.23. The predicted molar refractivity (Wildman–Crippen MR) is 139 cm³/mol. The Labute approximate surface area is 216 Å². The Morgan fingerprint density at radius 2 is 1.76 bits per heavy atom. The number of carbonyl (C=O) groups excluding carboxylic acids is 1. The molecule has 2 aromatic carbocycles. The highest BCUT2D eigenvalue weighted by Crippen LogP contribution is 2.23. The lowest BCUT2D eigenvalue weighted by molar-refractivity contribution is -0.120. The summed E-state index contributed by atoms with van der Waals surface area (Å²) in [7, 11) is 1.36. The molecule has 0 saturated carbocycles. The summed E-state index contributed by atoms with van der Waals surface area (Å²) in [6, 6.07) is 11.9. The van der Waals surface area contributed by atoms with Crippen molar-refractivity contribution in [2.75, 3.05) is 40.0 Å². The Bertz CT molecular complexity index is 1280. The number of nitrogens with zero attached hydrogens (tertiary/aromatic N) is 4. The molecular weight excluding hydrogens is 475 g/mol. The molecule has 1 fully saturated rings. The van der Waals surface area contributed by atoms with E-state index in [9.17, 15) is 14.0 Å². The van der Waals surface area contributed by atoms with Gasteiger partial charge in [-0.25, -0.2) is 13.8 Å². The van der Waals surface area contributed by atoms with Crippen LogP contribution in [0.5, 0.6) is 5.75 Å². The lowest BCUT2D eigenvalue weighted by Gasteiger charge is -2.26. The van der Waals surface area contributed by atoms with Crippen LogP contribution >= 0.6 is 0 Å². The summed E-state index contributed by atoms with van der Waals surface area (Å²) in [5.41, 5.74) is 1.51. The standard InChI is InChI=1S/C28H35FN4O4/c1-28(2,3)19-23(34)18-26-30-33(27(35)32(26)22-9-10-24(29)25(17-22)36-4)21-7-5-20(6-8-21)11-12-31-13-15-37-16-14-31/h5-10,17H,11-16,18-19H2,1-4H3. The van der Waals surface area contributed by atoms with Crippen molar-refractivity contribution in [3.05, 3.63) is 70.2 Å². The van der Waals surface area contributed by atoms with E-state index in [0.717, 1.165) is 44.8 Å². The maximum absolute atomic E-state index is 14.1. The average molecular weight is 511 g/mol. The molecule has 198 valence electrons. The molecule has 3 aromatic rings. The third-order valence-electron chi connectivity index (χ3n) is 6.32. The average Bonchev–Trinajstić information content (AvgIpc) is 3.18. The second kappa shape index (κ2) is 11.4. The normalized spacial score (nSPS) is 14.6. The fourth-order valence-electron chi connectivity index (χ4n) is 4.48. The molecule has 1 aliphatic heterocycles. The van der Waals surface area contributed by atoms with Gasteiger partial charge in [0.15, 0.2) is 11.6 Å². The van der Waals surface area contributed by atoms with E-state index in [1.807, 2.05) is 45.0 Å². The van der Waals surface area contributed by atoms with Gasteiger partial charge in [-0.05, 0) is 41.7 Å². The summed E-state index contributed by atoms with van der Waals surface area (Å²) in [6.45, 7) is 10.3.